The van der Waals surface area contributed by atoms with Gasteiger partial charge in [-0.25, -0.2) is 0 Å². The van der Waals surface area contributed by atoms with Gasteiger partial charge >= 0.3 is 0 Å². The molecule has 0 radical (unpaired) electrons. The fourth-order valence-electron chi connectivity index (χ4n) is 1.91. The standard InChI is InChI=1S/C12H21N3O2/c1-14(7-3-6-13)12(17)10-15(8-9-16)11-4-2-5-11/h11,16H,2-5,7-10H2,1H3. The minimum absolute atomic E-state index is 0.0283. The molecule has 17 heavy (non-hydrogen) atoms. The Bertz CT molecular complexity index is 284. The van der Waals surface area contributed by atoms with E-state index in [0.717, 1.165) is 12.8 Å². The number of hydrogen-bond acceptors (Lipinski definition) is 4. The lowest BCUT2D eigenvalue weighted by atomic mass is 9.91. The minimum Gasteiger partial charge on any atom is -0.395 e. The van der Waals surface area contributed by atoms with Gasteiger partial charge in [0.1, 0.15) is 0 Å². The normalized spacial score (nSPS) is 15.4. The number of amides is 1. The SMILES string of the molecule is CN(CCC#N)C(=O)CN(CCO)C1CCC1. The maximum Gasteiger partial charge on any atom is 0.236 e. The molecule has 5 heteroatoms. The van der Waals surface area contributed by atoms with Gasteiger partial charge in [-0.05, 0) is 12.8 Å². The molecule has 0 aliphatic heterocycles. The largest absolute Gasteiger partial charge is 0.395 e. The van der Waals surface area contributed by atoms with E-state index in [1.807, 2.05) is 6.07 Å². The lowest BCUT2D eigenvalue weighted by molar-refractivity contribution is -0.132. The summed E-state index contributed by atoms with van der Waals surface area (Å²) in [7, 11) is 1.72. The number of likely N-dealkylation sites (N-methyl/N-ethyl adjacent to an activating group) is 1. The van der Waals surface area contributed by atoms with Crippen molar-refractivity contribution < 1.29 is 9.90 Å². The van der Waals surface area contributed by atoms with Crippen molar-refractivity contribution in [3.05, 3.63) is 0 Å². The molecule has 0 spiro atoms. The zero-order chi connectivity index (χ0) is 12.7. The van der Waals surface area contributed by atoms with E-state index in [1.165, 1.54) is 6.42 Å². The zero-order valence-corrected chi connectivity index (χ0v) is 10.4. The van der Waals surface area contributed by atoms with Crippen LogP contribution >= 0.6 is 0 Å². The van der Waals surface area contributed by atoms with Crippen LogP contribution in [0.5, 0.6) is 0 Å². The summed E-state index contributed by atoms with van der Waals surface area (Å²) in [6.45, 7) is 1.48. The molecule has 0 aromatic carbocycles. The third-order valence-electron chi connectivity index (χ3n) is 3.30. The molecule has 1 aliphatic rings. The smallest absolute Gasteiger partial charge is 0.236 e. The Balaban J connectivity index is 2.37. The van der Waals surface area contributed by atoms with Gasteiger partial charge in [0.25, 0.3) is 0 Å². The summed E-state index contributed by atoms with van der Waals surface area (Å²) in [6.07, 6.45) is 3.82. The van der Waals surface area contributed by atoms with E-state index in [2.05, 4.69) is 4.90 Å². The van der Waals surface area contributed by atoms with Crippen LogP contribution < -0.4 is 0 Å². The molecule has 96 valence electrons. The highest BCUT2D eigenvalue weighted by Gasteiger charge is 2.26. The van der Waals surface area contributed by atoms with Crippen LogP contribution in [0.15, 0.2) is 0 Å². The van der Waals surface area contributed by atoms with Crippen LogP contribution in [0.1, 0.15) is 25.7 Å². The summed E-state index contributed by atoms with van der Waals surface area (Å²) in [5.74, 6) is 0.0283. The summed E-state index contributed by atoms with van der Waals surface area (Å²) >= 11 is 0. The number of rotatable bonds is 7. The van der Waals surface area contributed by atoms with Crippen LogP contribution in [-0.4, -0.2) is 60.1 Å². The number of hydrogen-bond donors (Lipinski definition) is 1. The minimum atomic E-state index is 0.0283. The van der Waals surface area contributed by atoms with E-state index in [4.69, 9.17) is 10.4 Å². The van der Waals surface area contributed by atoms with Gasteiger partial charge in [0.05, 0.1) is 25.6 Å². The molecular formula is C12H21N3O2. The van der Waals surface area contributed by atoms with E-state index in [9.17, 15) is 4.79 Å². The first-order valence-corrected chi connectivity index (χ1v) is 6.15. The van der Waals surface area contributed by atoms with Crippen molar-refractivity contribution in [2.24, 2.45) is 0 Å². The van der Waals surface area contributed by atoms with E-state index in [1.54, 1.807) is 11.9 Å². The van der Waals surface area contributed by atoms with Crippen molar-refractivity contribution in [1.82, 2.24) is 9.80 Å². The van der Waals surface area contributed by atoms with Crippen molar-refractivity contribution in [2.45, 2.75) is 31.7 Å². The molecular weight excluding hydrogens is 218 g/mol. The highest BCUT2D eigenvalue weighted by Crippen LogP contribution is 2.24. The Hall–Kier alpha value is -1.12. The zero-order valence-electron chi connectivity index (χ0n) is 10.4. The van der Waals surface area contributed by atoms with Crippen LogP contribution in [-0.2, 0) is 4.79 Å². The molecule has 0 aromatic rings. The fourth-order valence-corrected chi connectivity index (χ4v) is 1.91. The third-order valence-corrected chi connectivity index (χ3v) is 3.30. The van der Waals surface area contributed by atoms with Crippen molar-refractivity contribution in [3.63, 3.8) is 0 Å². The molecule has 0 unspecified atom stereocenters. The van der Waals surface area contributed by atoms with Crippen molar-refractivity contribution >= 4 is 5.91 Å². The predicted molar refractivity (Wildman–Crippen MR) is 64.2 cm³/mol. The van der Waals surface area contributed by atoms with Gasteiger partial charge in [-0.15, -0.1) is 0 Å². The Morgan fingerprint density at radius 3 is 2.65 bits per heavy atom. The molecule has 1 saturated carbocycles. The van der Waals surface area contributed by atoms with Crippen LogP contribution in [0.2, 0.25) is 0 Å². The second-order valence-electron chi connectivity index (χ2n) is 4.50. The Morgan fingerprint density at radius 2 is 2.18 bits per heavy atom. The molecule has 0 heterocycles. The van der Waals surface area contributed by atoms with Crippen molar-refractivity contribution in [3.8, 4) is 6.07 Å². The molecule has 0 aromatic heterocycles. The van der Waals surface area contributed by atoms with Crippen LogP contribution in [0, 0.1) is 11.3 Å². The number of aliphatic hydroxyl groups excluding tert-OH is 1. The van der Waals surface area contributed by atoms with Crippen LogP contribution in [0.25, 0.3) is 0 Å². The lowest BCUT2D eigenvalue weighted by Gasteiger charge is -2.37. The number of nitriles is 1. The van der Waals surface area contributed by atoms with E-state index in [-0.39, 0.29) is 12.5 Å². The molecule has 0 bridgehead atoms. The number of aliphatic hydroxyl groups is 1. The topological polar surface area (TPSA) is 67.6 Å². The second-order valence-corrected chi connectivity index (χ2v) is 4.50. The summed E-state index contributed by atoms with van der Waals surface area (Å²) in [5.41, 5.74) is 0. The molecule has 1 aliphatic carbocycles. The average molecular weight is 239 g/mol. The summed E-state index contributed by atoms with van der Waals surface area (Å²) < 4.78 is 0. The maximum absolute atomic E-state index is 11.9. The predicted octanol–water partition coefficient (Wildman–Crippen LogP) is 0.205. The van der Waals surface area contributed by atoms with Gasteiger partial charge in [0.15, 0.2) is 0 Å². The highest BCUT2D eigenvalue weighted by atomic mass is 16.3. The summed E-state index contributed by atoms with van der Waals surface area (Å²) in [5, 5.41) is 17.5. The Kier molecular flexibility index (Phi) is 5.95. The molecule has 1 amide bonds. The Morgan fingerprint density at radius 1 is 1.47 bits per heavy atom. The van der Waals surface area contributed by atoms with Gasteiger partial charge < -0.3 is 10.0 Å². The van der Waals surface area contributed by atoms with E-state index in [0.29, 0.717) is 32.1 Å². The quantitative estimate of drug-likeness (QED) is 0.689. The Labute approximate surface area is 103 Å². The third kappa shape index (κ3) is 4.33. The van der Waals surface area contributed by atoms with Gasteiger partial charge in [0, 0.05) is 26.2 Å². The number of nitrogens with zero attached hydrogens (tertiary/aromatic N) is 3. The summed E-state index contributed by atoms with van der Waals surface area (Å²) in [4.78, 5) is 15.5. The first-order chi connectivity index (χ1) is 8.19. The van der Waals surface area contributed by atoms with E-state index >= 15 is 0 Å². The maximum atomic E-state index is 11.9. The van der Waals surface area contributed by atoms with Gasteiger partial charge in [-0.1, -0.05) is 6.42 Å². The van der Waals surface area contributed by atoms with Gasteiger partial charge in [-0.2, -0.15) is 5.26 Å². The fraction of sp³-hybridized carbons (Fsp3) is 0.833. The highest BCUT2D eigenvalue weighted by molar-refractivity contribution is 5.78. The van der Waals surface area contributed by atoms with Gasteiger partial charge in [-0.3, -0.25) is 9.69 Å². The molecule has 0 atom stereocenters. The first-order valence-electron chi connectivity index (χ1n) is 6.15. The first kappa shape index (κ1) is 13.9. The molecule has 5 nitrogen and oxygen atoms in total. The number of carbonyl (C=O) groups excluding carboxylic acids is 1. The molecule has 1 fully saturated rings. The van der Waals surface area contributed by atoms with Crippen molar-refractivity contribution in [1.29, 1.82) is 5.26 Å². The van der Waals surface area contributed by atoms with Gasteiger partial charge in [0.2, 0.25) is 5.91 Å². The van der Waals surface area contributed by atoms with Crippen LogP contribution in [0.4, 0.5) is 0 Å². The second kappa shape index (κ2) is 7.25. The molecule has 1 N–H and O–H groups in total. The lowest BCUT2D eigenvalue weighted by Crippen LogP contribution is -2.47. The summed E-state index contributed by atoms with van der Waals surface area (Å²) in [6, 6.07) is 2.48. The average Bonchev–Trinajstić information content (AvgIpc) is 2.23. The monoisotopic (exact) mass is 239 g/mol. The molecule has 1 rings (SSSR count). The van der Waals surface area contributed by atoms with Crippen molar-refractivity contribution in [2.75, 3.05) is 33.3 Å². The van der Waals surface area contributed by atoms with E-state index < -0.39 is 0 Å². The molecule has 0 saturated heterocycles. The van der Waals surface area contributed by atoms with Crippen LogP contribution in [0.3, 0.4) is 0 Å². The number of carbonyl (C=O) groups is 1.